The van der Waals surface area contributed by atoms with E-state index < -0.39 is 0 Å². The van der Waals surface area contributed by atoms with Gasteiger partial charge in [0.15, 0.2) is 0 Å². The van der Waals surface area contributed by atoms with E-state index in [0.29, 0.717) is 6.42 Å². The molecule has 1 amide bonds. The number of rotatable bonds is 4. The summed E-state index contributed by atoms with van der Waals surface area (Å²) in [6.07, 6.45) is 2.47. The standard InChI is InChI=1S/C4H9NOS2.C2H6/c1-7-8-3-2-4(5)6;1-2/h2-3H2,1H3,(H2,5,6);1-2H3. The minimum absolute atomic E-state index is 0.216. The van der Waals surface area contributed by atoms with E-state index in [-0.39, 0.29) is 5.91 Å². The Morgan fingerprint density at radius 2 is 2.00 bits per heavy atom. The van der Waals surface area contributed by atoms with Crippen molar-refractivity contribution in [1.29, 1.82) is 0 Å². The summed E-state index contributed by atoms with van der Waals surface area (Å²) >= 11 is 0. The highest BCUT2D eigenvalue weighted by Gasteiger charge is 1.91. The number of hydrogen-bond donors (Lipinski definition) is 1. The van der Waals surface area contributed by atoms with E-state index in [2.05, 4.69) is 0 Å². The molecule has 0 saturated carbocycles. The van der Waals surface area contributed by atoms with Crippen LogP contribution in [0.1, 0.15) is 20.3 Å². The van der Waals surface area contributed by atoms with Crippen LogP contribution in [-0.4, -0.2) is 17.9 Å². The number of amides is 1. The summed E-state index contributed by atoms with van der Waals surface area (Å²) < 4.78 is 0. The number of primary amides is 1. The molecule has 0 aliphatic rings. The lowest BCUT2D eigenvalue weighted by Gasteiger charge is -1.90. The first-order valence-electron chi connectivity index (χ1n) is 3.21. The molecule has 4 heteroatoms. The molecule has 0 fully saturated rings. The summed E-state index contributed by atoms with van der Waals surface area (Å²) in [7, 11) is 3.30. The molecule has 0 aromatic rings. The van der Waals surface area contributed by atoms with Crippen molar-refractivity contribution in [1.82, 2.24) is 0 Å². The van der Waals surface area contributed by atoms with Crippen molar-refractivity contribution < 1.29 is 4.79 Å². The van der Waals surface area contributed by atoms with Gasteiger partial charge in [0.05, 0.1) is 0 Å². The monoisotopic (exact) mass is 181 g/mol. The molecular formula is C6H15NOS2. The number of hydrogen-bond acceptors (Lipinski definition) is 3. The molecular weight excluding hydrogens is 166 g/mol. The van der Waals surface area contributed by atoms with Crippen LogP contribution in [0.4, 0.5) is 0 Å². The van der Waals surface area contributed by atoms with E-state index in [1.807, 2.05) is 20.1 Å². The first-order valence-corrected chi connectivity index (χ1v) is 5.94. The Morgan fingerprint density at radius 3 is 2.30 bits per heavy atom. The average molecular weight is 181 g/mol. The Labute approximate surface area is 70.7 Å². The van der Waals surface area contributed by atoms with Crippen LogP contribution < -0.4 is 5.73 Å². The fourth-order valence-electron chi connectivity index (χ4n) is 0.226. The van der Waals surface area contributed by atoms with Gasteiger partial charge < -0.3 is 5.73 Å². The molecule has 2 N–H and O–H groups in total. The van der Waals surface area contributed by atoms with E-state index in [1.165, 1.54) is 0 Å². The maximum Gasteiger partial charge on any atom is 0.218 e. The Hall–Kier alpha value is 0.170. The molecule has 0 aromatic heterocycles. The third-order valence-corrected chi connectivity index (χ3v) is 2.36. The molecule has 2 nitrogen and oxygen atoms in total. The fourth-order valence-corrected chi connectivity index (χ4v) is 1.43. The van der Waals surface area contributed by atoms with Gasteiger partial charge in [-0.05, 0) is 6.26 Å². The van der Waals surface area contributed by atoms with Gasteiger partial charge in [-0.3, -0.25) is 4.79 Å². The summed E-state index contributed by atoms with van der Waals surface area (Å²) in [6.45, 7) is 4.00. The normalized spacial score (nSPS) is 7.90. The minimum atomic E-state index is -0.216. The second-order valence-electron chi connectivity index (χ2n) is 1.20. The summed E-state index contributed by atoms with van der Waals surface area (Å²) in [5.41, 5.74) is 4.87. The zero-order chi connectivity index (χ0) is 8.41. The average Bonchev–Trinajstić information content (AvgIpc) is 1.92. The van der Waals surface area contributed by atoms with Gasteiger partial charge in [-0.2, -0.15) is 0 Å². The van der Waals surface area contributed by atoms with Crippen LogP contribution >= 0.6 is 21.6 Å². The number of carbonyl (C=O) groups excluding carboxylic acids is 1. The maximum absolute atomic E-state index is 10.1. The van der Waals surface area contributed by atoms with Gasteiger partial charge in [0, 0.05) is 12.2 Å². The van der Waals surface area contributed by atoms with Crippen molar-refractivity contribution in [3.8, 4) is 0 Å². The van der Waals surface area contributed by atoms with E-state index in [1.54, 1.807) is 21.6 Å². The summed E-state index contributed by atoms with van der Waals surface area (Å²) in [6, 6.07) is 0. The minimum Gasteiger partial charge on any atom is -0.370 e. The van der Waals surface area contributed by atoms with Crippen LogP contribution in [0.5, 0.6) is 0 Å². The first kappa shape index (κ1) is 12.8. The maximum atomic E-state index is 10.1. The summed E-state index contributed by atoms with van der Waals surface area (Å²) in [5.74, 6) is 0.614. The van der Waals surface area contributed by atoms with Gasteiger partial charge in [-0.1, -0.05) is 35.4 Å². The Kier molecular flexibility index (Phi) is 15.3. The van der Waals surface area contributed by atoms with E-state index >= 15 is 0 Å². The van der Waals surface area contributed by atoms with Crippen LogP contribution in [-0.2, 0) is 4.79 Å². The number of carbonyl (C=O) groups is 1. The van der Waals surface area contributed by atoms with Crippen molar-refractivity contribution in [3.63, 3.8) is 0 Å². The molecule has 62 valence electrons. The highest BCUT2D eigenvalue weighted by molar-refractivity contribution is 8.76. The Bertz CT molecular complexity index is 78.1. The van der Waals surface area contributed by atoms with Crippen LogP contribution in [0.2, 0.25) is 0 Å². The van der Waals surface area contributed by atoms with Gasteiger partial charge >= 0.3 is 0 Å². The van der Waals surface area contributed by atoms with Gasteiger partial charge in [0.2, 0.25) is 5.91 Å². The molecule has 0 bridgehead atoms. The lowest BCUT2D eigenvalue weighted by Crippen LogP contribution is -2.10. The Balaban J connectivity index is 0. The van der Waals surface area contributed by atoms with Crippen molar-refractivity contribution >= 4 is 27.5 Å². The van der Waals surface area contributed by atoms with Gasteiger partial charge in [-0.25, -0.2) is 0 Å². The Morgan fingerprint density at radius 1 is 1.50 bits per heavy atom. The predicted molar refractivity (Wildman–Crippen MR) is 51.1 cm³/mol. The highest BCUT2D eigenvalue weighted by atomic mass is 33.1. The SMILES string of the molecule is CC.CSSCCC(N)=O. The summed E-state index contributed by atoms with van der Waals surface area (Å²) in [4.78, 5) is 10.1. The lowest BCUT2D eigenvalue weighted by atomic mass is 10.5. The molecule has 0 aliphatic carbocycles. The third kappa shape index (κ3) is 15.7. The molecule has 0 spiro atoms. The smallest absolute Gasteiger partial charge is 0.218 e. The molecule has 0 saturated heterocycles. The van der Waals surface area contributed by atoms with E-state index in [9.17, 15) is 4.79 Å². The molecule has 0 radical (unpaired) electrons. The molecule has 0 unspecified atom stereocenters. The first-order chi connectivity index (χ1) is 4.77. The predicted octanol–water partition coefficient (Wildman–Crippen LogP) is 1.90. The van der Waals surface area contributed by atoms with Crippen molar-refractivity contribution in [2.75, 3.05) is 12.0 Å². The number of nitrogens with two attached hydrogens (primary N) is 1. The van der Waals surface area contributed by atoms with Gasteiger partial charge in [-0.15, -0.1) is 0 Å². The lowest BCUT2D eigenvalue weighted by molar-refractivity contribution is -0.117. The van der Waals surface area contributed by atoms with E-state index in [0.717, 1.165) is 5.75 Å². The molecule has 0 rings (SSSR count). The zero-order valence-electron chi connectivity index (χ0n) is 6.72. The van der Waals surface area contributed by atoms with Gasteiger partial charge in [0.25, 0.3) is 0 Å². The van der Waals surface area contributed by atoms with Crippen LogP contribution in [0.15, 0.2) is 0 Å². The van der Waals surface area contributed by atoms with Crippen LogP contribution in [0.25, 0.3) is 0 Å². The second kappa shape index (κ2) is 11.9. The van der Waals surface area contributed by atoms with Crippen molar-refractivity contribution in [2.45, 2.75) is 20.3 Å². The summed E-state index contributed by atoms with van der Waals surface area (Å²) in [5, 5.41) is 0. The molecule has 0 atom stereocenters. The quantitative estimate of drug-likeness (QED) is 0.532. The molecule has 0 heterocycles. The van der Waals surface area contributed by atoms with Crippen LogP contribution in [0, 0.1) is 0 Å². The van der Waals surface area contributed by atoms with Crippen molar-refractivity contribution in [3.05, 3.63) is 0 Å². The zero-order valence-corrected chi connectivity index (χ0v) is 8.35. The molecule has 10 heavy (non-hydrogen) atoms. The van der Waals surface area contributed by atoms with Gasteiger partial charge in [0.1, 0.15) is 0 Å². The second-order valence-corrected chi connectivity index (χ2v) is 3.89. The van der Waals surface area contributed by atoms with Crippen molar-refractivity contribution in [2.24, 2.45) is 5.73 Å². The molecule has 0 aromatic carbocycles. The molecule has 0 aliphatic heterocycles. The highest BCUT2D eigenvalue weighted by Crippen LogP contribution is 2.16. The largest absolute Gasteiger partial charge is 0.370 e. The third-order valence-electron chi connectivity index (χ3n) is 0.550. The van der Waals surface area contributed by atoms with E-state index in [4.69, 9.17) is 5.73 Å². The topological polar surface area (TPSA) is 43.1 Å². The fraction of sp³-hybridized carbons (Fsp3) is 0.833. The van der Waals surface area contributed by atoms with Crippen LogP contribution in [0.3, 0.4) is 0 Å².